The van der Waals surface area contributed by atoms with Gasteiger partial charge in [0.15, 0.2) is 11.6 Å². The molecule has 0 bridgehead atoms. The average Bonchev–Trinajstić information content (AvgIpc) is 2.35. The number of nitrogens with one attached hydrogen (secondary N) is 1. The SMILES string of the molecule is CCN(CC)C(=O)CCNc1nc(Cl)ncc1F. The van der Waals surface area contributed by atoms with Gasteiger partial charge in [-0.3, -0.25) is 4.79 Å². The van der Waals surface area contributed by atoms with Crippen LogP contribution >= 0.6 is 11.6 Å². The average molecular weight is 275 g/mol. The van der Waals surface area contributed by atoms with Gasteiger partial charge in [0.25, 0.3) is 0 Å². The Labute approximate surface area is 110 Å². The Morgan fingerprint density at radius 3 is 2.78 bits per heavy atom. The molecule has 1 rings (SSSR count). The van der Waals surface area contributed by atoms with Gasteiger partial charge in [-0.05, 0) is 25.4 Å². The first kappa shape index (κ1) is 14.6. The van der Waals surface area contributed by atoms with Crippen molar-refractivity contribution >= 4 is 23.3 Å². The highest BCUT2D eigenvalue weighted by molar-refractivity contribution is 6.28. The molecule has 0 unspecified atom stereocenters. The Balaban J connectivity index is 2.46. The standard InChI is InChI=1S/C11H16ClFN4O/c1-3-17(4-2)9(18)5-6-14-10-8(13)7-15-11(12)16-10/h7H,3-6H2,1-2H3,(H,14,15,16). The Morgan fingerprint density at radius 1 is 1.50 bits per heavy atom. The third-order valence-corrected chi connectivity index (χ3v) is 2.64. The zero-order valence-electron chi connectivity index (χ0n) is 10.4. The van der Waals surface area contributed by atoms with Gasteiger partial charge in [-0.2, -0.15) is 4.98 Å². The van der Waals surface area contributed by atoms with Crippen molar-refractivity contribution in [3.63, 3.8) is 0 Å². The van der Waals surface area contributed by atoms with E-state index in [4.69, 9.17) is 11.6 Å². The molecule has 1 aromatic rings. The second kappa shape index (κ2) is 7.10. The fraction of sp³-hybridized carbons (Fsp3) is 0.545. The minimum absolute atomic E-state index is 0.0161. The second-order valence-corrected chi connectivity index (χ2v) is 3.92. The summed E-state index contributed by atoms with van der Waals surface area (Å²) < 4.78 is 13.2. The number of anilines is 1. The molecule has 100 valence electrons. The van der Waals surface area contributed by atoms with Gasteiger partial charge in [0.1, 0.15) is 0 Å². The van der Waals surface area contributed by atoms with E-state index in [0.717, 1.165) is 6.20 Å². The van der Waals surface area contributed by atoms with E-state index in [-0.39, 0.29) is 23.4 Å². The summed E-state index contributed by atoms with van der Waals surface area (Å²) in [4.78, 5) is 20.6. The van der Waals surface area contributed by atoms with E-state index in [1.165, 1.54) is 0 Å². The molecule has 0 spiro atoms. The van der Waals surface area contributed by atoms with Crippen LogP contribution in [0.2, 0.25) is 5.28 Å². The van der Waals surface area contributed by atoms with Crippen molar-refractivity contribution in [2.24, 2.45) is 0 Å². The van der Waals surface area contributed by atoms with E-state index in [9.17, 15) is 9.18 Å². The van der Waals surface area contributed by atoms with Crippen molar-refractivity contribution in [1.29, 1.82) is 0 Å². The lowest BCUT2D eigenvalue weighted by molar-refractivity contribution is -0.130. The van der Waals surface area contributed by atoms with E-state index in [0.29, 0.717) is 19.6 Å². The monoisotopic (exact) mass is 274 g/mol. The molecule has 0 atom stereocenters. The maximum Gasteiger partial charge on any atom is 0.224 e. The minimum Gasteiger partial charge on any atom is -0.367 e. The Bertz CT molecular complexity index is 412. The molecule has 0 fully saturated rings. The minimum atomic E-state index is -0.588. The summed E-state index contributed by atoms with van der Waals surface area (Å²) in [6.07, 6.45) is 1.27. The van der Waals surface area contributed by atoms with Crippen LogP contribution in [-0.2, 0) is 4.79 Å². The summed E-state index contributed by atoms with van der Waals surface area (Å²) >= 11 is 5.55. The van der Waals surface area contributed by atoms with Crippen molar-refractivity contribution in [3.8, 4) is 0 Å². The molecule has 1 N–H and O–H groups in total. The van der Waals surface area contributed by atoms with Crippen LogP contribution in [0.5, 0.6) is 0 Å². The summed E-state index contributed by atoms with van der Waals surface area (Å²) in [6.45, 7) is 5.48. The zero-order chi connectivity index (χ0) is 13.5. The molecule has 7 heteroatoms. The first-order chi connectivity index (χ1) is 8.58. The Morgan fingerprint density at radius 2 is 2.17 bits per heavy atom. The Hall–Kier alpha value is -1.43. The lowest BCUT2D eigenvalue weighted by Gasteiger charge is -2.18. The molecule has 5 nitrogen and oxygen atoms in total. The molecular formula is C11H16ClFN4O. The first-order valence-electron chi connectivity index (χ1n) is 5.78. The predicted octanol–water partition coefficient (Wildman–Crippen LogP) is 1.94. The normalized spacial score (nSPS) is 10.2. The Kier molecular flexibility index (Phi) is 5.77. The topological polar surface area (TPSA) is 58.1 Å². The molecule has 1 amide bonds. The number of carbonyl (C=O) groups is 1. The van der Waals surface area contributed by atoms with E-state index >= 15 is 0 Å². The van der Waals surface area contributed by atoms with Crippen LogP contribution in [0.15, 0.2) is 6.20 Å². The van der Waals surface area contributed by atoms with Gasteiger partial charge in [-0.25, -0.2) is 9.37 Å². The second-order valence-electron chi connectivity index (χ2n) is 3.58. The van der Waals surface area contributed by atoms with E-state index in [1.807, 2.05) is 13.8 Å². The highest BCUT2D eigenvalue weighted by atomic mass is 35.5. The van der Waals surface area contributed by atoms with Crippen molar-refractivity contribution in [2.45, 2.75) is 20.3 Å². The number of rotatable bonds is 6. The number of halogens is 2. The summed E-state index contributed by atoms with van der Waals surface area (Å²) in [5.41, 5.74) is 0. The molecule has 18 heavy (non-hydrogen) atoms. The van der Waals surface area contributed by atoms with Crippen molar-refractivity contribution in [2.75, 3.05) is 25.0 Å². The maximum atomic E-state index is 13.2. The van der Waals surface area contributed by atoms with E-state index in [2.05, 4.69) is 15.3 Å². The van der Waals surface area contributed by atoms with Gasteiger partial charge >= 0.3 is 0 Å². The molecule has 1 aromatic heterocycles. The third-order valence-electron chi connectivity index (χ3n) is 2.46. The largest absolute Gasteiger partial charge is 0.367 e. The summed E-state index contributed by atoms with van der Waals surface area (Å²) in [6, 6.07) is 0. The zero-order valence-corrected chi connectivity index (χ0v) is 11.2. The highest BCUT2D eigenvalue weighted by Crippen LogP contribution is 2.11. The van der Waals surface area contributed by atoms with Crippen LogP contribution in [0.3, 0.4) is 0 Å². The van der Waals surface area contributed by atoms with E-state index in [1.54, 1.807) is 4.90 Å². The number of carbonyl (C=O) groups excluding carboxylic acids is 1. The fourth-order valence-corrected chi connectivity index (χ4v) is 1.63. The molecule has 0 aromatic carbocycles. The smallest absolute Gasteiger partial charge is 0.224 e. The quantitative estimate of drug-likeness (QED) is 0.806. The number of amides is 1. The van der Waals surface area contributed by atoms with Crippen LogP contribution in [0.25, 0.3) is 0 Å². The van der Waals surface area contributed by atoms with Crippen molar-refractivity contribution in [3.05, 3.63) is 17.3 Å². The molecule has 0 aliphatic carbocycles. The summed E-state index contributed by atoms with van der Waals surface area (Å²) in [5, 5.41) is 2.70. The van der Waals surface area contributed by atoms with Crippen molar-refractivity contribution in [1.82, 2.24) is 14.9 Å². The predicted molar refractivity (Wildman–Crippen MR) is 68.0 cm³/mol. The lowest BCUT2D eigenvalue weighted by Crippen LogP contribution is -2.31. The van der Waals surface area contributed by atoms with Crippen LogP contribution in [0, 0.1) is 5.82 Å². The van der Waals surface area contributed by atoms with Gasteiger partial charge < -0.3 is 10.2 Å². The number of aromatic nitrogens is 2. The lowest BCUT2D eigenvalue weighted by atomic mass is 10.3. The van der Waals surface area contributed by atoms with Crippen LogP contribution in [0.1, 0.15) is 20.3 Å². The molecule has 0 aliphatic rings. The fourth-order valence-electron chi connectivity index (χ4n) is 1.49. The summed E-state index contributed by atoms with van der Waals surface area (Å²) in [5.74, 6) is -0.551. The molecule has 0 radical (unpaired) electrons. The molecule has 1 heterocycles. The van der Waals surface area contributed by atoms with Gasteiger partial charge in [0.05, 0.1) is 6.20 Å². The van der Waals surface area contributed by atoms with Crippen molar-refractivity contribution < 1.29 is 9.18 Å². The van der Waals surface area contributed by atoms with Crippen LogP contribution in [-0.4, -0.2) is 40.4 Å². The summed E-state index contributed by atoms with van der Waals surface area (Å²) in [7, 11) is 0. The van der Waals surface area contributed by atoms with Gasteiger partial charge in [-0.15, -0.1) is 0 Å². The maximum absolute atomic E-state index is 13.2. The number of hydrogen-bond acceptors (Lipinski definition) is 4. The third kappa shape index (κ3) is 4.10. The van der Waals surface area contributed by atoms with Gasteiger partial charge in [-0.1, -0.05) is 0 Å². The number of hydrogen-bond donors (Lipinski definition) is 1. The molecule has 0 saturated carbocycles. The van der Waals surface area contributed by atoms with Crippen LogP contribution in [0.4, 0.5) is 10.2 Å². The molecular weight excluding hydrogens is 259 g/mol. The van der Waals surface area contributed by atoms with Crippen LogP contribution < -0.4 is 5.32 Å². The van der Waals surface area contributed by atoms with E-state index < -0.39 is 5.82 Å². The molecule has 0 aliphatic heterocycles. The van der Waals surface area contributed by atoms with Gasteiger partial charge in [0, 0.05) is 26.1 Å². The molecule has 0 saturated heterocycles. The number of nitrogens with zero attached hydrogens (tertiary/aromatic N) is 3. The first-order valence-corrected chi connectivity index (χ1v) is 6.16. The van der Waals surface area contributed by atoms with Gasteiger partial charge in [0.2, 0.25) is 11.2 Å². The highest BCUT2D eigenvalue weighted by Gasteiger charge is 2.10.